The van der Waals surface area contributed by atoms with Crippen molar-refractivity contribution in [2.24, 2.45) is 10.4 Å². The van der Waals surface area contributed by atoms with Gasteiger partial charge in [-0.3, -0.25) is 14.8 Å². The van der Waals surface area contributed by atoms with E-state index < -0.39 is 23.3 Å². The van der Waals surface area contributed by atoms with Gasteiger partial charge in [-0.25, -0.2) is 0 Å². The lowest BCUT2D eigenvalue weighted by molar-refractivity contribution is -0.149. The van der Waals surface area contributed by atoms with Gasteiger partial charge in [0.2, 0.25) is 0 Å². The monoisotopic (exact) mass is 467 g/mol. The van der Waals surface area contributed by atoms with Gasteiger partial charge in [-0.1, -0.05) is 25.7 Å². The summed E-state index contributed by atoms with van der Waals surface area (Å²) >= 11 is 0. The molecule has 0 aliphatic heterocycles. The molecule has 0 radical (unpaired) electrons. The Morgan fingerprint density at radius 3 is 2.42 bits per heavy atom. The molecular formula is C24H32F3N3O3. The molecule has 0 amide bonds. The van der Waals surface area contributed by atoms with E-state index in [9.17, 15) is 23.1 Å². The van der Waals surface area contributed by atoms with E-state index in [1.165, 1.54) is 13.2 Å². The summed E-state index contributed by atoms with van der Waals surface area (Å²) in [6.07, 6.45) is -0.0442. The molecule has 2 N–H and O–H groups in total. The van der Waals surface area contributed by atoms with Crippen LogP contribution in [0.4, 0.5) is 13.2 Å². The average Bonchev–Trinajstić information content (AvgIpc) is 2.75. The molecule has 6 nitrogen and oxygen atoms in total. The Balaban J connectivity index is 3.00. The summed E-state index contributed by atoms with van der Waals surface area (Å²) in [4.78, 5) is 19.5. The zero-order valence-electron chi connectivity index (χ0n) is 19.7. The van der Waals surface area contributed by atoms with Crippen LogP contribution in [0.25, 0.3) is 0 Å². The number of carbonyl (C=O) groups is 1. The van der Waals surface area contributed by atoms with Gasteiger partial charge in [-0.05, 0) is 51.8 Å². The molecule has 1 aromatic heterocycles. The summed E-state index contributed by atoms with van der Waals surface area (Å²) in [5.74, 6) is -0.493. The zero-order chi connectivity index (χ0) is 25.4. The summed E-state index contributed by atoms with van der Waals surface area (Å²) < 4.78 is 43.9. The van der Waals surface area contributed by atoms with Gasteiger partial charge < -0.3 is 15.2 Å². The highest BCUT2D eigenvalue weighted by molar-refractivity contribution is 5.99. The van der Waals surface area contributed by atoms with Gasteiger partial charge in [0.05, 0.1) is 11.2 Å². The standard InChI is InChI=1S/C24H32F3N3O3/c1-8-15(2)19(11-9-16(3)33-14-23(5,6)22(31)32)20-12-10-18(13-29-20)21(28-7)30-17(4)24(25,26)27/h9-10,12-13,19H,2,4,8,11,14H2,1,3,5-7H3,(H,28,30)(H,31,32)/b16-9+/t19-/m1/s1. The third-order valence-corrected chi connectivity index (χ3v) is 5.08. The van der Waals surface area contributed by atoms with Crippen LogP contribution >= 0.6 is 0 Å². The molecule has 0 saturated heterocycles. The lowest BCUT2D eigenvalue weighted by Crippen LogP contribution is -2.31. The fraction of sp³-hybridized carbons (Fsp3) is 0.458. The van der Waals surface area contributed by atoms with Gasteiger partial charge in [0.15, 0.2) is 0 Å². The highest BCUT2D eigenvalue weighted by Gasteiger charge is 2.33. The number of nitrogens with one attached hydrogen (secondary N) is 1. The number of alkyl halides is 3. The first-order valence-corrected chi connectivity index (χ1v) is 10.4. The van der Waals surface area contributed by atoms with Gasteiger partial charge >= 0.3 is 12.1 Å². The largest absolute Gasteiger partial charge is 0.497 e. The first kappa shape index (κ1) is 27.9. The van der Waals surface area contributed by atoms with Crippen LogP contribution in [0.1, 0.15) is 57.7 Å². The van der Waals surface area contributed by atoms with Crippen molar-refractivity contribution in [1.29, 1.82) is 0 Å². The van der Waals surface area contributed by atoms with Crippen LogP contribution in [-0.2, 0) is 9.53 Å². The van der Waals surface area contributed by atoms with Gasteiger partial charge in [0.1, 0.15) is 18.1 Å². The molecule has 0 saturated carbocycles. The molecule has 0 aliphatic carbocycles. The van der Waals surface area contributed by atoms with Crippen molar-refractivity contribution >= 4 is 11.8 Å². The van der Waals surface area contributed by atoms with E-state index >= 15 is 0 Å². The molecule has 1 atom stereocenters. The summed E-state index contributed by atoms with van der Waals surface area (Å²) in [6, 6.07) is 3.36. The third-order valence-electron chi connectivity index (χ3n) is 5.08. The van der Waals surface area contributed by atoms with Crippen molar-refractivity contribution in [3.05, 3.63) is 65.9 Å². The van der Waals surface area contributed by atoms with Gasteiger partial charge in [-0.15, -0.1) is 0 Å². The van der Waals surface area contributed by atoms with Crippen LogP contribution in [0.15, 0.2) is 59.6 Å². The van der Waals surface area contributed by atoms with E-state index in [2.05, 4.69) is 28.5 Å². The summed E-state index contributed by atoms with van der Waals surface area (Å²) in [7, 11) is 1.38. The topological polar surface area (TPSA) is 83.8 Å². The highest BCUT2D eigenvalue weighted by atomic mass is 19.4. The molecule has 1 rings (SSSR count). The van der Waals surface area contributed by atoms with Crippen molar-refractivity contribution in [3.8, 4) is 0 Å². The van der Waals surface area contributed by atoms with Crippen molar-refractivity contribution in [1.82, 2.24) is 10.3 Å². The second-order valence-corrected chi connectivity index (χ2v) is 8.24. The molecule has 0 spiro atoms. The molecule has 1 aromatic rings. The predicted octanol–water partition coefficient (Wildman–Crippen LogP) is 5.59. The number of carboxylic acids is 1. The number of aromatic nitrogens is 1. The Hall–Kier alpha value is -3.10. The smallest absolute Gasteiger partial charge is 0.430 e. The first-order valence-electron chi connectivity index (χ1n) is 10.4. The van der Waals surface area contributed by atoms with E-state index in [1.54, 1.807) is 32.9 Å². The number of halogens is 3. The number of hydrogen-bond donors (Lipinski definition) is 2. The maximum Gasteiger partial charge on any atom is 0.430 e. The quantitative estimate of drug-likeness (QED) is 0.192. The number of hydrogen-bond acceptors (Lipinski definition) is 4. The van der Waals surface area contributed by atoms with Crippen LogP contribution in [-0.4, -0.2) is 41.7 Å². The molecule has 1 heterocycles. The molecule has 182 valence electrons. The van der Waals surface area contributed by atoms with Crippen LogP contribution in [0.3, 0.4) is 0 Å². The Morgan fingerprint density at radius 1 is 1.33 bits per heavy atom. The van der Waals surface area contributed by atoms with Crippen LogP contribution < -0.4 is 5.32 Å². The fourth-order valence-corrected chi connectivity index (χ4v) is 2.66. The minimum absolute atomic E-state index is 0.00688. The number of aliphatic carboxylic acids is 1. The molecule has 0 unspecified atom stereocenters. The van der Waals surface area contributed by atoms with E-state index in [1.807, 2.05) is 13.0 Å². The number of carboxylic acid groups (broad SMARTS) is 1. The zero-order valence-corrected chi connectivity index (χ0v) is 19.7. The Morgan fingerprint density at radius 2 is 1.97 bits per heavy atom. The molecule has 9 heteroatoms. The van der Waals surface area contributed by atoms with Crippen LogP contribution in [0, 0.1) is 5.41 Å². The molecule has 0 aliphatic rings. The minimum atomic E-state index is -4.58. The van der Waals surface area contributed by atoms with Crippen molar-refractivity contribution < 1.29 is 27.8 Å². The van der Waals surface area contributed by atoms with Gasteiger partial charge in [-0.2, -0.15) is 13.2 Å². The first-order chi connectivity index (χ1) is 15.2. The van der Waals surface area contributed by atoms with Gasteiger partial charge in [0, 0.05) is 30.4 Å². The van der Waals surface area contributed by atoms with Crippen LogP contribution in [0.5, 0.6) is 0 Å². The second-order valence-electron chi connectivity index (χ2n) is 8.24. The van der Waals surface area contributed by atoms with Gasteiger partial charge in [0.25, 0.3) is 0 Å². The Kier molecular flexibility index (Phi) is 9.88. The normalized spacial score (nSPS) is 13.9. The Labute approximate surface area is 193 Å². The number of aliphatic imine (C=N–C) groups is 1. The van der Waals surface area contributed by atoms with E-state index in [0.717, 1.165) is 5.57 Å². The lowest BCUT2D eigenvalue weighted by atomic mass is 9.90. The lowest BCUT2D eigenvalue weighted by Gasteiger charge is -2.21. The molecule has 0 aromatic carbocycles. The number of amidine groups is 1. The summed E-state index contributed by atoms with van der Waals surface area (Å²) in [5.41, 5.74) is -0.110. The number of rotatable bonds is 11. The molecule has 0 bridgehead atoms. The molecular weight excluding hydrogens is 435 g/mol. The van der Waals surface area contributed by atoms with Crippen molar-refractivity contribution in [3.63, 3.8) is 0 Å². The van der Waals surface area contributed by atoms with Crippen LogP contribution in [0.2, 0.25) is 0 Å². The van der Waals surface area contributed by atoms with Crippen molar-refractivity contribution in [2.75, 3.05) is 13.7 Å². The SMILES string of the molecule is C=C(CC)[C@@H](C/C=C(\C)OCC(C)(C)C(=O)O)c1ccc(/C(=N/C)NC(=C)C(F)(F)F)cn1. The van der Waals surface area contributed by atoms with E-state index in [0.29, 0.717) is 29.9 Å². The molecule has 33 heavy (non-hydrogen) atoms. The predicted molar refractivity (Wildman–Crippen MR) is 123 cm³/mol. The fourth-order valence-electron chi connectivity index (χ4n) is 2.66. The summed E-state index contributed by atoms with van der Waals surface area (Å²) in [5, 5.41) is 11.4. The van der Waals surface area contributed by atoms with E-state index in [-0.39, 0.29) is 18.4 Å². The van der Waals surface area contributed by atoms with E-state index in [4.69, 9.17) is 4.74 Å². The van der Waals surface area contributed by atoms with Crippen molar-refractivity contribution in [2.45, 2.75) is 52.6 Å². The molecule has 0 fully saturated rings. The minimum Gasteiger partial charge on any atom is -0.497 e. The average molecular weight is 468 g/mol. The number of pyridine rings is 1. The Bertz CT molecular complexity index is 917. The second kappa shape index (κ2) is 11.7. The number of ether oxygens (including phenoxy) is 1. The maximum atomic E-state index is 12.8. The third kappa shape index (κ3) is 8.40. The highest BCUT2D eigenvalue weighted by Crippen LogP contribution is 2.29. The summed E-state index contributed by atoms with van der Waals surface area (Å²) in [6.45, 7) is 14.0. The maximum absolute atomic E-state index is 12.8. The number of allylic oxidation sites excluding steroid dienone is 4. The number of nitrogens with zero attached hydrogens (tertiary/aromatic N) is 2.